The van der Waals surface area contributed by atoms with Crippen LogP contribution >= 0.6 is 0 Å². The maximum absolute atomic E-state index is 5.06. The Kier molecular flexibility index (Phi) is 4.14. The maximum atomic E-state index is 5.06. The monoisotopic (exact) mass is 271 g/mol. The van der Waals surface area contributed by atoms with E-state index >= 15 is 0 Å². The molecule has 1 saturated carbocycles. The number of rotatable bonds is 7. The minimum atomic E-state index is 0.678. The predicted molar refractivity (Wildman–Crippen MR) is 79.1 cm³/mol. The van der Waals surface area contributed by atoms with E-state index in [-0.39, 0.29) is 0 Å². The van der Waals surface area contributed by atoms with Crippen LogP contribution in [-0.4, -0.2) is 30.0 Å². The Morgan fingerprint density at radius 3 is 2.80 bits per heavy atom. The van der Waals surface area contributed by atoms with Gasteiger partial charge < -0.3 is 10.1 Å². The minimum absolute atomic E-state index is 0.678. The second-order valence-corrected chi connectivity index (χ2v) is 5.25. The fourth-order valence-electron chi connectivity index (χ4n) is 2.49. The largest absolute Gasteiger partial charge is 0.383 e. The van der Waals surface area contributed by atoms with Gasteiger partial charge >= 0.3 is 0 Å². The van der Waals surface area contributed by atoms with E-state index in [0.717, 1.165) is 25.4 Å². The summed E-state index contributed by atoms with van der Waals surface area (Å²) in [5.41, 5.74) is 3.84. The molecular weight excluding hydrogens is 250 g/mol. The molecular formula is C16H21N3O. The Hall–Kier alpha value is -1.65. The highest BCUT2D eigenvalue weighted by Crippen LogP contribution is 2.42. The summed E-state index contributed by atoms with van der Waals surface area (Å²) in [6, 6.07) is 10.4. The van der Waals surface area contributed by atoms with Gasteiger partial charge in [-0.3, -0.25) is 0 Å². The lowest BCUT2D eigenvalue weighted by Crippen LogP contribution is -2.19. The fourth-order valence-corrected chi connectivity index (χ4v) is 2.49. The minimum Gasteiger partial charge on any atom is -0.383 e. The van der Waals surface area contributed by atoms with Crippen molar-refractivity contribution < 1.29 is 4.74 Å². The third-order valence-electron chi connectivity index (χ3n) is 3.65. The van der Waals surface area contributed by atoms with Gasteiger partial charge in [-0.2, -0.15) is 5.10 Å². The summed E-state index contributed by atoms with van der Waals surface area (Å²) in [4.78, 5) is 0. The summed E-state index contributed by atoms with van der Waals surface area (Å²) in [5.74, 6) is 0.678. The lowest BCUT2D eigenvalue weighted by atomic mass is 10.1. The van der Waals surface area contributed by atoms with Crippen molar-refractivity contribution >= 4 is 0 Å². The van der Waals surface area contributed by atoms with Gasteiger partial charge in [0, 0.05) is 31.7 Å². The van der Waals surface area contributed by atoms with Crippen molar-refractivity contribution in [3.63, 3.8) is 0 Å². The molecule has 1 fully saturated rings. The molecule has 0 bridgehead atoms. The number of hydrogen-bond acceptors (Lipinski definition) is 3. The number of nitrogens with one attached hydrogen (secondary N) is 1. The van der Waals surface area contributed by atoms with Crippen LogP contribution in [0, 0.1) is 0 Å². The number of methoxy groups -OCH3 is 1. The molecule has 0 unspecified atom stereocenters. The highest BCUT2D eigenvalue weighted by Gasteiger charge is 2.30. The zero-order chi connectivity index (χ0) is 13.8. The smallest absolute Gasteiger partial charge is 0.0649 e. The zero-order valence-corrected chi connectivity index (χ0v) is 11.9. The first-order valence-electron chi connectivity index (χ1n) is 7.22. The molecule has 4 nitrogen and oxygen atoms in total. The standard InChI is InChI=1S/C16H21N3O/c1-20-10-9-17-11-14-12-18-19(16(14)13-7-8-13)15-5-3-2-4-6-15/h2-6,12-13,17H,7-11H2,1H3. The van der Waals surface area contributed by atoms with Crippen LogP contribution in [0.2, 0.25) is 0 Å². The molecule has 1 N–H and O–H groups in total. The van der Waals surface area contributed by atoms with Gasteiger partial charge in [0.1, 0.15) is 0 Å². The van der Waals surface area contributed by atoms with Crippen LogP contribution in [0.5, 0.6) is 0 Å². The van der Waals surface area contributed by atoms with E-state index < -0.39 is 0 Å². The van der Waals surface area contributed by atoms with E-state index in [4.69, 9.17) is 4.74 Å². The van der Waals surface area contributed by atoms with Crippen molar-refractivity contribution in [2.24, 2.45) is 0 Å². The topological polar surface area (TPSA) is 39.1 Å². The van der Waals surface area contributed by atoms with Gasteiger partial charge in [0.15, 0.2) is 0 Å². The number of ether oxygens (including phenoxy) is 1. The number of aromatic nitrogens is 2. The number of benzene rings is 1. The maximum Gasteiger partial charge on any atom is 0.0649 e. The lowest BCUT2D eigenvalue weighted by molar-refractivity contribution is 0.199. The van der Waals surface area contributed by atoms with Crippen molar-refractivity contribution in [1.82, 2.24) is 15.1 Å². The molecule has 0 aliphatic heterocycles. The third-order valence-corrected chi connectivity index (χ3v) is 3.65. The Morgan fingerprint density at radius 1 is 1.30 bits per heavy atom. The summed E-state index contributed by atoms with van der Waals surface area (Å²) in [6.45, 7) is 2.48. The van der Waals surface area contributed by atoms with Gasteiger partial charge in [0.2, 0.25) is 0 Å². The third kappa shape index (κ3) is 2.92. The van der Waals surface area contributed by atoms with Gasteiger partial charge in [-0.15, -0.1) is 0 Å². The van der Waals surface area contributed by atoms with Crippen molar-refractivity contribution in [2.45, 2.75) is 25.3 Å². The second-order valence-electron chi connectivity index (χ2n) is 5.25. The normalized spacial score (nSPS) is 14.7. The van der Waals surface area contributed by atoms with Crippen LogP contribution in [0.25, 0.3) is 5.69 Å². The highest BCUT2D eigenvalue weighted by atomic mass is 16.5. The van der Waals surface area contributed by atoms with Crippen LogP contribution in [0.15, 0.2) is 36.5 Å². The highest BCUT2D eigenvalue weighted by molar-refractivity contribution is 5.37. The molecule has 0 spiro atoms. The quantitative estimate of drug-likeness (QED) is 0.786. The summed E-state index contributed by atoms with van der Waals surface area (Å²) < 4.78 is 7.16. The predicted octanol–water partition coefficient (Wildman–Crippen LogP) is 2.49. The Balaban J connectivity index is 1.80. The van der Waals surface area contributed by atoms with Crippen molar-refractivity contribution in [3.8, 4) is 5.69 Å². The second kappa shape index (κ2) is 6.20. The first-order chi connectivity index (χ1) is 9.90. The molecule has 106 valence electrons. The molecule has 1 aromatic carbocycles. The van der Waals surface area contributed by atoms with Crippen LogP contribution in [0.1, 0.15) is 30.0 Å². The molecule has 1 heterocycles. The summed E-state index contributed by atoms with van der Waals surface area (Å²) in [7, 11) is 1.73. The van der Waals surface area contributed by atoms with Crippen LogP contribution in [0.4, 0.5) is 0 Å². The molecule has 3 rings (SSSR count). The van der Waals surface area contributed by atoms with Gasteiger partial charge in [0.05, 0.1) is 24.2 Å². The van der Waals surface area contributed by atoms with Crippen molar-refractivity contribution in [1.29, 1.82) is 0 Å². The Labute approximate surface area is 119 Å². The van der Waals surface area contributed by atoms with E-state index in [9.17, 15) is 0 Å². The average Bonchev–Trinajstić information content (AvgIpc) is 3.25. The molecule has 20 heavy (non-hydrogen) atoms. The summed E-state index contributed by atoms with van der Waals surface area (Å²) in [5, 5.41) is 8.00. The number of nitrogens with zero attached hydrogens (tertiary/aromatic N) is 2. The first-order valence-corrected chi connectivity index (χ1v) is 7.22. The average molecular weight is 271 g/mol. The molecule has 0 amide bonds. The van der Waals surface area contributed by atoms with Gasteiger partial charge in [-0.05, 0) is 25.0 Å². The Morgan fingerprint density at radius 2 is 2.10 bits per heavy atom. The molecule has 1 aromatic heterocycles. The molecule has 4 heteroatoms. The Bertz CT molecular complexity index is 546. The SMILES string of the molecule is COCCNCc1cnn(-c2ccccc2)c1C1CC1. The van der Waals surface area contributed by atoms with Crippen molar-refractivity contribution in [3.05, 3.63) is 47.8 Å². The van der Waals surface area contributed by atoms with Gasteiger partial charge in [-0.25, -0.2) is 4.68 Å². The van der Waals surface area contributed by atoms with Crippen LogP contribution in [-0.2, 0) is 11.3 Å². The lowest BCUT2D eigenvalue weighted by Gasteiger charge is -2.09. The van der Waals surface area contributed by atoms with Gasteiger partial charge in [-0.1, -0.05) is 18.2 Å². The van der Waals surface area contributed by atoms with Crippen molar-refractivity contribution in [2.75, 3.05) is 20.3 Å². The summed E-state index contributed by atoms with van der Waals surface area (Å²) >= 11 is 0. The number of para-hydroxylation sites is 1. The first kappa shape index (κ1) is 13.3. The number of hydrogen-bond donors (Lipinski definition) is 1. The zero-order valence-electron chi connectivity index (χ0n) is 11.9. The van der Waals surface area contributed by atoms with E-state index in [0.29, 0.717) is 5.92 Å². The molecule has 0 atom stereocenters. The molecule has 1 aliphatic rings. The van der Waals surface area contributed by atoms with Crippen LogP contribution in [0.3, 0.4) is 0 Å². The molecule has 0 saturated heterocycles. The van der Waals surface area contributed by atoms with E-state index in [2.05, 4.69) is 39.4 Å². The summed E-state index contributed by atoms with van der Waals surface area (Å²) in [6.07, 6.45) is 4.56. The van der Waals surface area contributed by atoms with Crippen LogP contribution < -0.4 is 5.32 Å². The molecule has 2 aromatic rings. The molecule has 1 aliphatic carbocycles. The van der Waals surface area contributed by atoms with Gasteiger partial charge in [0.25, 0.3) is 0 Å². The van der Waals surface area contributed by atoms with E-state index in [1.807, 2.05) is 12.3 Å². The molecule has 0 radical (unpaired) electrons. The van der Waals surface area contributed by atoms with E-state index in [1.54, 1.807) is 7.11 Å². The fraction of sp³-hybridized carbons (Fsp3) is 0.438. The van der Waals surface area contributed by atoms with E-state index in [1.165, 1.54) is 24.1 Å².